The third-order valence-electron chi connectivity index (χ3n) is 9.52. The van der Waals surface area contributed by atoms with Crippen LogP contribution in [-0.4, -0.2) is 149 Å². The molecule has 19 heteroatoms. The van der Waals surface area contributed by atoms with Gasteiger partial charge in [-0.2, -0.15) is 0 Å². The SMILES string of the molecule is COCCOCCOCCOc1cc(C)c(C)cc1OCCOCCOCC(=O)Nc1cc(C(=O)Nc2cc(C(=O)Nc3cc(C(=O)NCCCN(C)C)n(C)c3)n(C)c2)n(C)c1. The third kappa shape index (κ3) is 16.8. The van der Waals surface area contributed by atoms with E-state index in [0.29, 0.717) is 87.0 Å². The van der Waals surface area contributed by atoms with Gasteiger partial charge in [0.2, 0.25) is 5.91 Å². The number of hydrogen-bond acceptors (Lipinski definition) is 12. The van der Waals surface area contributed by atoms with Gasteiger partial charge in [0.15, 0.2) is 11.5 Å². The van der Waals surface area contributed by atoms with Crippen molar-refractivity contribution in [1.29, 1.82) is 0 Å². The minimum Gasteiger partial charge on any atom is -0.487 e. The van der Waals surface area contributed by atoms with Crippen LogP contribution in [0.15, 0.2) is 48.9 Å². The molecule has 4 N–H and O–H groups in total. The van der Waals surface area contributed by atoms with Crippen LogP contribution in [0.4, 0.5) is 17.1 Å². The Hall–Kier alpha value is -5.70. The van der Waals surface area contributed by atoms with E-state index in [-0.39, 0.29) is 43.7 Å². The lowest BCUT2D eigenvalue weighted by atomic mass is 10.1. The van der Waals surface area contributed by atoms with Crippen LogP contribution in [0.2, 0.25) is 0 Å². The fourth-order valence-electron chi connectivity index (χ4n) is 6.11. The second-order valence-corrected chi connectivity index (χ2v) is 15.0. The van der Waals surface area contributed by atoms with Gasteiger partial charge >= 0.3 is 0 Å². The van der Waals surface area contributed by atoms with Crippen molar-refractivity contribution < 1.29 is 52.3 Å². The van der Waals surface area contributed by atoms with E-state index in [1.807, 2.05) is 45.0 Å². The Morgan fingerprint density at radius 3 is 1.43 bits per heavy atom. The third-order valence-corrected chi connectivity index (χ3v) is 9.52. The highest BCUT2D eigenvalue weighted by Gasteiger charge is 2.19. The average molecular weight is 881 g/mol. The summed E-state index contributed by atoms with van der Waals surface area (Å²) in [5.41, 5.74) is 4.39. The number of hydrogen-bond donors (Lipinski definition) is 4. The van der Waals surface area contributed by atoms with Gasteiger partial charge in [-0.1, -0.05) is 0 Å². The summed E-state index contributed by atoms with van der Waals surface area (Å²) in [5.74, 6) is -0.259. The summed E-state index contributed by atoms with van der Waals surface area (Å²) in [6.07, 6.45) is 5.70. The second-order valence-electron chi connectivity index (χ2n) is 15.0. The maximum atomic E-state index is 13.2. The standard InChI is InChI=1S/C44H64N8O11/c1-31-22-39(62-20-18-59-15-14-58-13-12-57-8)40(23-32(31)2)63-21-19-60-16-17-61-30-41(53)46-33-24-37(51(6)27-33)43(55)48-35-26-38(52(7)29-35)44(56)47-34-25-36(50(5)28-34)42(54)45-10-9-11-49(3)4/h22-29H,9-21,30H2,1-8H3,(H,45,54)(H,46,53)(H,47,56)(H,48,55). The molecule has 3 heterocycles. The number of anilines is 3. The number of amides is 4. The predicted molar refractivity (Wildman–Crippen MR) is 238 cm³/mol. The number of nitrogens with one attached hydrogen (secondary N) is 4. The monoisotopic (exact) mass is 880 g/mol. The molecule has 0 saturated carbocycles. The number of benzene rings is 1. The zero-order chi connectivity index (χ0) is 45.7. The highest BCUT2D eigenvalue weighted by molar-refractivity contribution is 6.07. The van der Waals surface area contributed by atoms with Gasteiger partial charge in [-0.25, -0.2) is 0 Å². The minimum absolute atomic E-state index is 0.184. The lowest BCUT2D eigenvalue weighted by molar-refractivity contribution is -0.121. The Balaban J connectivity index is 1.13. The fraction of sp³-hybridized carbons (Fsp3) is 0.500. The fourth-order valence-corrected chi connectivity index (χ4v) is 6.11. The summed E-state index contributed by atoms with van der Waals surface area (Å²) in [6, 6.07) is 8.58. The number of methoxy groups -OCH3 is 1. The van der Waals surface area contributed by atoms with Crippen molar-refractivity contribution in [3.05, 3.63) is 77.1 Å². The van der Waals surface area contributed by atoms with Crippen LogP contribution in [-0.2, 0) is 49.6 Å². The smallest absolute Gasteiger partial charge is 0.272 e. The van der Waals surface area contributed by atoms with Crippen LogP contribution in [0.5, 0.6) is 11.5 Å². The van der Waals surface area contributed by atoms with Crippen molar-refractivity contribution in [1.82, 2.24) is 23.9 Å². The molecule has 0 spiro atoms. The number of aryl methyl sites for hydroxylation is 5. The molecule has 0 aliphatic heterocycles. The van der Waals surface area contributed by atoms with Crippen LogP contribution >= 0.6 is 0 Å². The molecule has 63 heavy (non-hydrogen) atoms. The van der Waals surface area contributed by atoms with Gasteiger partial charge in [0.05, 0.1) is 69.9 Å². The second kappa shape index (κ2) is 26.0. The Bertz CT molecular complexity index is 2090. The van der Waals surface area contributed by atoms with Crippen LogP contribution in [0.1, 0.15) is 49.0 Å². The molecule has 346 valence electrons. The first-order valence-corrected chi connectivity index (χ1v) is 20.8. The molecule has 0 aliphatic rings. The van der Waals surface area contributed by atoms with E-state index in [0.717, 1.165) is 24.1 Å². The Labute approximate surface area is 369 Å². The largest absolute Gasteiger partial charge is 0.487 e. The van der Waals surface area contributed by atoms with Crippen molar-refractivity contribution >= 4 is 40.7 Å². The number of nitrogens with zero attached hydrogens (tertiary/aromatic N) is 4. The van der Waals surface area contributed by atoms with E-state index in [1.165, 1.54) is 0 Å². The van der Waals surface area contributed by atoms with Gasteiger partial charge < -0.3 is 73.0 Å². The number of carbonyl (C=O) groups is 4. The summed E-state index contributed by atoms with van der Waals surface area (Å²) in [5, 5.41) is 11.3. The highest BCUT2D eigenvalue weighted by Crippen LogP contribution is 2.30. The molecular weight excluding hydrogens is 817 g/mol. The first-order valence-electron chi connectivity index (χ1n) is 20.8. The Kier molecular flexibility index (Phi) is 20.7. The van der Waals surface area contributed by atoms with E-state index < -0.39 is 17.7 Å². The first kappa shape index (κ1) is 50.0. The van der Waals surface area contributed by atoms with Crippen molar-refractivity contribution in [3.8, 4) is 11.5 Å². The molecule has 0 atom stereocenters. The van der Waals surface area contributed by atoms with Gasteiger partial charge in [0.1, 0.15) is 36.9 Å². The molecule has 1 aromatic carbocycles. The predicted octanol–water partition coefficient (Wildman–Crippen LogP) is 3.61. The van der Waals surface area contributed by atoms with Gasteiger partial charge in [0, 0.05) is 53.4 Å². The molecule has 4 amide bonds. The molecule has 0 fully saturated rings. The Morgan fingerprint density at radius 1 is 0.556 bits per heavy atom. The zero-order valence-electron chi connectivity index (χ0n) is 37.8. The minimum atomic E-state index is -0.445. The number of rotatable bonds is 29. The highest BCUT2D eigenvalue weighted by atomic mass is 16.6. The molecule has 0 saturated heterocycles. The zero-order valence-corrected chi connectivity index (χ0v) is 37.8. The number of ether oxygens (including phenoxy) is 7. The molecule has 19 nitrogen and oxygen atoms in total. The summed E-state index contributed by atoms with van der Waals surface area (Å²) in [7, 11) is 10.7. The average Bonchev–Trinajstić information content (AvgIpc) is 3.92. The molecule has 0 aliphatic carbocycles. The van der Waals surface area contributed by atoms with Gasteiger partial charge in [-0.3, -0.25) is 19.2 Å². The van der Waals surface area contributed by atoms with E-state index in [4.69, 9.17) is 33.2 Å². The van der Waals surface area contributed by atoms with Gasteiger partial charge in [-0.15, -0.1) is 0 Å². The summed E-state index contributed by atoms with van der Waals surface area (Å²) < 4.78 is 43.7. The van der Waals surface area contributed by atoms with Gasteiger partial charge in [-0.05, 0) is 82.4 Å². The van der Waals surface area contributed by atoms with E-state index in [1.54, 1.807) is 78.7 Å². The first-order chi connectivity index (χ1) is 30.2. The molecule has 4 aromatic rings. The van der Waals surface area contributed by atoms with Crippen LogP contribution in [0.3, 0.4) is 0 Å². The van der Waals surface area contributed by atoms with E-state index in [9.17, 15) is 19.2 Å². The molecule has 4 rings (SSSR count). The topological polar surface area (TPSA) is 199 Å². The van der Waals surface area contributed by atoms with Crippen molar-refractivity contribution in [2.24, 2.45) is 21.1 Å². The normalized spacial score (nSPS) is 11.2. The summed E-state index contributed by atoms with van der Waals surface area (Å²) >= 11 is 0. The van der Waals surface area contributed by atoms with Crippen molar-refractivity contribution in [2.75, 3.05) is 123 Å². The van der Waals surface area contributed by atoms with Crippen molar-refractivity contribution in [2.45, 2.75) is 20.3 Å². The maximum Gasteiger partial charge on any atom is 0.272 e. The van der Waals surface area contributed by atoms with Crippen LogP contribution < -0.4 is 30.7 Å². The maximum absolute atomic E-state index is 13.2. The van der Waals surface area contributed by atoms with E-state index in [2.05, 4.69) is 21.3 Å². The molecular formula is C44H64N8O11. The number of aromatic nitrogens is 3. The Morgan fingerprint density at radius 2 is 0.968 bits per heavy atom. The van der Waals surface area contributed by atoms with Crippen LogP contribution in [0.25, 0.3) is 0 Å². The quantitative estimate of drug-likeness (QED) is 0.0579. The van der Waals surface area contributed by atoms with E-state index >= 15 is 0 Å². The molecule has 3 aromatic heterocycles. The van der Waals surface area contributed by atoms with Gasteiger partial charge in [0.25, 0.3) is 17.7 Å². The summed E-state index contributed by atoms with van der Waals surface area (Å²) in [4.78, 5) is 53.8. The molecule has 0 bridgehead atoms. The van der Waals surface area contributed by atoms with Crippen LogP contribution in [0, 0.1) is 13.8 Å². The van der Waals surface area contributed by atoms with Crippen molar-refractivity contribution in [3.63, 3.8) is 0 Å². The number of carbonyl (C=O) groups excluding carboxylic acids is 4. The lowest BCUT2D eigenvalue weighted by Crippen LogP contribution is -2.28. The molecule has 0 unspecified atom stereocenters. The molecule has 0 radical (unpaired) electrons. The lowest BCUT2D eigenvalue weighted by Gasteiger charge is -2.15. The summed E-state index contributed by atoms with van der Waals surface area (Å²) in [6.45, 7) is 9.00.